The molecule has 1 aromatic carbocycles. The lowest BCUT2D eigenvalue weighted by molar-refractivity contribution is -0.132. The van der Waals surface area contributed by atoms with E-state index in [0.29, 0.717) is 23.6 Å². The molecule has 5 rings (SSSR count). The minimum absolute atomic E-state index is 0.0544. The number of benzene rings is 1. The smallest absolute Gasteiger partial charge is 0.325 e. The van der Waals surface area contributed by atoms with Crippen LogP contribution in [0.4, 0.5) is 4.79 Å². The lowest BCUT2D eigenvalue weighted by Gasteiger charge is -2.22. The maximum absolute atomic E-state index is 13.1. The van der Waals surface area contributed by atoms with E-state index in [0.717, 1.165) is 17.5 Å². The third-order valence-electron chi connectivity index (χ3n) is 5.07. The summed E-state index contributed by atoms with van der Waals surface area (Å²) in [5.74, 6) is 0.759. The minimum atomic E-state index is -0.957. The van der Waals surface area contributed by atoms with E-state index < -0.39 is 11.6 Å². The van der Waals surface area contributed by atoms with E-state index in [-0.39, 0.29) is 12.5 Å². The minimum Gasteiger partial charge on any atom is -0.461 e. The number of furan rings is 1. The quantitative estimate of drug-likeness (QED) is 0.735. The molecule has 1 unspecified atom stereocenters. The zero-order valence-corrected chi connectivity index (χ0v) is 13.8. The van der Waals surface area contributed by atoms with Crippen LogP contribution in [0, 0.1) is 0 Å². The Balaban J connectivity index is 1.43. The van der Waals surface area contributed by atoms with Gasteiger partial charge >= 0.3 is 6.03 Å². The number of nitrogens with one attached hydrogen (secondary N) is 1. The van der Waals surface area contributed by atoms with Crippen molar-refractivity contribution in [3.8, 4) is 11.5 Å². The van der Waals surface area contributed by atoms with Crippen molar-refractivity contribution in [3.05, 3.63) is 65.5 Å². The third kappa shape index (κ3) is 2.03. The molecule has 0 bridgehead atoms. The van der Waals surface area contributed by atoms with Crippen LogP contribution in [-0.4, -0.2) is 22.0 Å². The van der Waals surface area contributed by atoms with E-state index in [2.05, 4.69) is 10.5 Å². The molecule has 3 aromatic rings. The van der Waals surface area contributed by atoms with Gasteiger partial charge in [-0.05, 0) is 36.1 Å². The Morgan fingerprint density at radius 3 is 2.88 bits per heavy atom. The Kier molecular flexibility index (Phi) is 3.06. The molecule has 7 nitrogen and oxygen atoms in total. The first-order chi connectivity index (χ1) is 12.7. The fourth-order valence-corrected chi connectivity index (χ4v) is 3.82. The summed E-state index contributed by atoms with van der Waals surface area (Å²) >= 11 is 0. The van der Waals surface area contributed by atoms with Crippen molar-refractivity contribution >= 4 is 11.9 Å². The number of aromatic nitrogens is 1. The van der Waals surface area contributed by atoms with E-state index in [4.69, 9.17) is 8.94 Å². The second-order valence-electron chi connectivity index (χ2n) is 6.54. The summed E-state index contributed by atoms with van der Waals surface area (Å²) in [4.78, 5) is 26.8. The standard InChI is InChI=1S/C19H15N3O4/c23-17-19(8-7-12-4-1-2-5-14(12)19)20-18(24)22(17)11-13-10-16(26-21-13)15-6-3-9-25-15/h1-6,9-10H,7-8,11H2,(H,20,24). The molecule has 7 heteroatoms. The number of hydrogen-bond acceptors (Lipinski definition) is 5. The van der Waals surface area contributed by atoms with Crippen LogP contribution in [-0.2, 0) is 23.3 Å². The SMILES string of the molecule is O=C1NC2(CCc3ccccc32)C(=O)N1Cc1cc(-c2ccco2)on1. The molecule has 1 atom stereocenters. The molecule has 1 fully saturated rings. The Hall–Kier alpha value is -3.35. The number of nitrogens with zero attached hydrogens (tertiary/aromatic N) is 2. The molecule has 1 spiro atoms. The van der Waals surface area contributed by atoms with Crippen molar-refractivity contribution in [3.63, 3.8) is 0 Å². The van der Waals surface area contributed by atoms with Gasteiger partial charge in [0.15, 0.2) is 5.76 Å². The van der Waals surface area contributed by atoms with Crippen molar-refractivity contribution < 1.29 is 18.5 Å². The number of carbonyl (C=O) groups is 2. The van der Waals surface area contributed by atoms with Gasteiger partial charge in [-0.15, -0.1) is 0 Å². The van der Waals surface area contributed by atoms with Crippen LogP contribution in [0.25, 0.3) is 11.5 Å². The highest BCUT2D eigenvalue weighted by molar-refractivity contribution is 6.08. The van der Waals surface area contributed by atoms with E-state index in [1.165, 1.54) is 11.2 Å². The lowest BCUT2D eigenvalue weighted by Crippen LogP contribution is -2.41. The largest absolute Gasteiger partial charge is 0.461 e. The topological polar surface area (TPSA) is 88.6 Å². The predicted octanol–water partition coefficient (Wildman–Crippen LogP) is 2.83. The number of aryl methyl sites for hydroxylation is 1. The van der Waals surface area contributed by atoms with Gasteiger partial charge in [-0.1, -0.05) is 29.4 Å². The summed E-state index contributed by atoms with van der Waals surface area (Å²) in [5, 5.41) is 6.86. The molecule has 0 saturated carbocycles. The fourth-order valence-electron chi connectivity index (χ4n) is 3.82. The molecule has 1 aliphatic carbocycles. The second-order valence-corrected chi connectivity index (χ2v) is 6.54. The molecule has 1 aliphatic heterocycles. The Labute approximate surface area is 148 Å². The highest BCUT2D eigenvalue weighted by Crippen LogP contribution is 2.41. The van der Waals surface area contributed by atoms with Crippen LogP contribution >= 0.6 is 0 Å². The van der Waals surface area contributed by atoms with Crippen molar-refractivity contribution in [2.24, 2.45) is 0 Å². The highest BCUT2D eigenvalue weighted by Gasteiger charge is 2.55. The maximum Gasteiger partial charge on any atom is 0.325 e. The van der Waals surface area contributed by atoms with Gasteiger partial charge in [0.2, 0.25) is 5.76 Å². The van der Waals surface area contributed by atoms with Crippen LogP contribution in [0.1, 0.15) is 23.2 Å². The summed E-state index contributed by atoms with van der Waals surface area (Å²) in [7, 11) is 0. The van der Waals surface area contributed by atoms with E-state index in [1.54, 1.807) is 18.2 Å². The zero-order chi connectivity index (χ0) is 17.7. The molecule has 26 heavy (non-hydrogen) atoms. The Morgan fingerprint density at radius 2 is 2.04 bits per heavy atom. The summed E-state index contributed by atoms with van der Waals surface area (Å²) < 4.78 is 10.5. The number of carbonyl (C=O) groups excluding carboxylic acids is 2. The van der Waals surface area contributed by atoms with E-state index in [9.17, 15) is 9.59 Å². The number of rotatable bonds is 3. The van der Waals surface area contributed by atoms with Crippen LogP contribution < -0.4 is 5.32 Å². The first-order valence-corrected chi connectivity index (χ1v) is 8.39. The summed E-state index contributed by atoms with van der Waals surface area (Å²) in [6.07, 6.45) is 2.88. The molecule has 3 heterocycles. The van der Waals surface area contributed by atoms with Crippen LogP contribution in [0.5, 0.6) is 0 Å². The van der Waals surface area contributed by atoms with Crippen molar-refractivity contribution in [2.45, 2.75) is 24.9 Å². The van der Waals surface area contributed by atoms with Gasteiger partial charge in [0.05, 0.1) is 12.8 Å². The van der Waals surface area contributed by atoms with E-state index >= 15 is 0 Å². The number of urea groups is 1. The van der Waals surface area contributed by atoms with Crippen LogP contribution in [0.3, 0.4) is 0 Å². The molecule has 2 aliphatic rings. The average molecular weight is 349 g/mol. The van der Waals surface area contributed by atoms with Crippen molar-refractivity contribution in [1.82, 2.24) is 15.4 Å². The van der Waals surface area contributed by atoms with Gasteiger partial charge in [-0.2, -0.15) is 0 Å². The molecule has 1 N–H and O–H groups in total. The molecule has 2 aromatic heterocycles. The first kappa shape index (κ1) is 14.9. The number of hydrogen-bond donors (Lipinski definition) is 1. The van der Waals surface area contributed by atoms with Crippen molar-refractivity contribution in [1.29, 1.82) is 0 Å². The maximum atomic E-state index is 13.1. The van der Waals surface area contributed by atoms with Gasteiger partial charge in [0, 0.05) is 6.07 Å². The average Bonchev–Trinajstić information content (AvgIpc) is 3.41. The fraction of sp³-hybridized carbons (Fsp3) is 0.211. The van der Waals surface area contributed by atoms with Gasteiger partial charge in [0.1, 0.15) is 11.2 Å². The predicted molar refractivity (Wildman–Crippen MR) is 89.7 cm³/mol. The second kappa shape index (κ2) is 5.32. The summed E-state index contributed by atoms with van der Waals surface area (Å²) in [6.45, 7) is 0.0544. The van der Waals surface area contributed by atoms with Crippen LogP contribution in [0.15, 0.2) is 57.7 Å². The van der Waals surface area contributed by atoms with Gasteiger partial charge < -0.3 is 14.3 Å². The normalized spacial score (nSPS) is 21.5. The zero-order valence-electron chi connectivity index (χ0n) is 13.8. The molecule has 130 valence electrons. The number of amides is 3. The Morgan fingerprint density at radius 1 is 1.15 bits per heavy atom. The molecule has 0 radical (unpaired) electrons. The number of fused-ring (bicyclic) bond motifs is 2. The number of imide groups is 1. The third-order valence-corrected chi connectivity index (χ3v) is 5.07. The van der Waals surface area contributed by atoms with Gasteiger partial charge in [0.25, 0.3) is 5.91 Å². The summed E-state index contributed by atoms with van der Waals surface area (Å²) in [5.41, 5.74) is 1.52. The van der Waals surface area contributed by atoms with Gasteiger partial charge in [-0.25, -0.2) is 4.79 Å². The molecule has 3 amide bonds. The van der Waals surface area contributed by atoms with Crippen LogP contribution in [0.2, 0.25) is 0 Å². The molecular weight excluding hydrogens is 334 g/mol. The molecule has 1 saturated heterocycles. The first-order valence-electron chi connectivity index (χ1n) is 8.39. The van der Waals surface area contributed by atoms with E-state index in [1.807, 2.05) is 24.3 Å². The summed E-state index contributed by atoms with van der Waals surface area (Å²) in [6, 6.07) is 12.5. The molecular formula is C19H15N3O4. The van der Waals surface area contributed by atoms with Crippen molar-refractivity contribution in [2.75, 3.05) is 0 Å². The monoisotopic (exact) mass is 349 g/mol. The Bertz CT molecular complexity index is 1010. The highest BCUT2D eigenvalue weighted by atomic mass is 16.5. The van der Waals surface area contributed by atoms with Gasteiger partial charge in [-0.3, -0.25) is 9.69 Å². The lowest BCUT2D eigenvalue weighted by atomic mass is 9.92.